The maximum atomic E-state index is 12.5. The standard InChI is InChI=1S/C19H19ClN2O3/c1-12-8-14(20)6-7-17(12)21-19(24)13-9-18(23)22(11-13)15-4-3-5-16(10-15)25-2/h3-8,10,13H,9,11H2,1-2H3,(H,21,24)/t13-/m1/s1. The van der Waals surface area contributed by atoms with E-state index in [1.165, 1.54) is 0 Å². The third-order valence-corrected chi connectivity index (χ3v) is 4.54. The Morgan fingerprint density at radius 3 is 2.80 bits per heavy atom. The first kappa shape index (κ1) is 17.3. The van der Waals surface area contributed by atoms with Gasteiger partial charge in [0.2, 0.25) is 11.8 Å². The molecule has 3 rings (SSSR count). The van der Waals surface area contributed by atoms with E-state index in [2.05, 4.69) is 5.32 Å². The van der Waals surface area contributed by atoms with E-state index in [9.17, 15) is 9.59 Å². The molecule has 25 heavy (non-hydrogen) atoms. The molecule has 1 N–H and O–H groups in total. The zero-order valence-electron chi connectivity index (χ0n) is 14.1. The lowest BCUT2D eigenvalue weighted by Gasteiger charge is -2.17. The SMILES string of the molecule is COc1cccc(N2C[C@H](C(=O)Nc3ccc(Cl)cc3C)CC2=O)c1. The van der Waals surface area contributed by atoms with Crippen LogP contribution in [0.15, 0.2) is 42.5 Å². The van der Waals surface area contributed by atoms with Gasteiger partial charge in [0, 0.05) is 35.4 Å². The van der Waals surface area contributed by atoms with Crippen LogP contribution in [0.25, 0.3) is 0 Å². The van der Waals surface area contributed by atoms with Gasteiger partial charge in [-0.15, -0.1) is 0 Å². The number of carbonyl (C=O) groups is 2. The molecular weight excluding hydrogens is 340 g/mol. The van der Waals surface area contributed by atoms with Gasteiger partial charge in [-0.3, -0.25) is 9.59 Å². The highest BCUT2D eigenvalue weighted by atomic mass is 35.5. The Bertz CT molecular complexity index is 822. The van der Waals surface area contributed by atoms with Gasteiger partial charge in [0.05, 0.1) is 13.0 Å². The number of aryl methyl sites for hydroxylation is 1. The van der Waals surface area contributed by atoms with E-state index in [0.717, 1.165) is 11.3 Å². The van der Waals surface area contributed by atoms with E-state index in [0.29, 0.717) is 23.0 Å². The molecule has 0 saturated carbocycles. The summed E-state index contributed by atoms with van der Waals surface area (Å²) < 4.78 is 5.20. The summed E-state index contributed by atoms with van der Waals surface area (Å²) in [6.07, 6.45) is 0.190. The minimum absolute atomic E-state index is 0.0683. The lowest BCUT2D eigenvalue weighted by atomic mass is 10.1. The molecule has 0 bridgehead atoms. The van der Waals surface area contributed by atoms with Crippen molar-refractivity contribution in [3.05, 3.63) is 53.1 Å². The molecule has 0 aromatic heterocycles. The molecule has 6 heteroatoms. The monoisotopic (exact) mass is 358 g/mol. The van der Waals surface area contributed by atoms with Crippen molar-refractivity contribution in [3.63, 3.8) is 0 Å². The van der Waals surface area contributed by atoms with Crippen molar-refractivity contribution in [1.82, 2.24) is 0 Å². The Morgan fingerprint density at radius 2 is 2.08 bits per heavy atom. The van der Waals surface area contributed by atoms with Crippen LogP contribution in [-0.2, 0) is 9.59 Å². The topological polar surface area (TPSA) is 58.6 Å². The molecule has 2 amide bonds. The molecule has 0 unspecified atom stereocenters. The van der Waals surface area contributed by atoms with E-state index in [-0.39, 0.29) is 18.2 Å². The highest BCUT2D eigenvalue weighted by Crippen LogP contribution is 2.29. The van der Waals surface area contributed by atoms with Crippen molar-refractivity contribution in [2.75, 3.05) is 23.9 Å². The van der Waals surface area contributed by atoms with Crippen molar-refractivity contribution in [2.45, 2.75) is 13.3 Å². The normalized spacial score (nSPS) is 16.8. The molecule has 1 aliphatic rings. The van der Waals surface area contributed by atoms with Gasteiger partial charge in [-0.05, 0) is 42.8 Å². The zero-order chi connectivity index (χ0) is 18.0. The van der Waals surface area contributed by atoms with E-state index in [1.54, 1.807) is 36.3 Å². The lowest BCUT2D eigenvalue weighted by molar-refractivity contribution is -0.122. The van der Waals surface area contributed by atoms with Crippen LogP contribution in [0.1, 0.15) is 12.0 Å². The van der Waals surface area contributed by atoms with Crippen LogP contribution >= 0.6 is 11.6 Å². The number of anilines is 2. The van der Waals surface area contributed by atoms with Crippen molar-refractivity contribution in [2.24, 2.45) is 5.92 Å². The third-order valence-electron chi connectivity index (χ3n) is 4.31. The fraction of sp³-hybridized carbons (Fsp3) is 0.263. The Balaban J connectivity index is 1.72. The van der Waals surface area contributed by atoms with Gasteiger partial charge in [-0.2, -0.15) is 0 Å². The smallest absolute Gasteiger partial charge is 0.229 e. The molecule has 1 atom stereocenters. The van der Waals surface area contributed by atoms with Crippen LogP contribution in [0.4, 0.5) is 11.4 Å². The first-order valence-corrected chi connectivity index (χ1v) is 8.37. The van der Waals surface area contributed by atoms with Crippen LogP contribution in [0.2, 0.25) is 5.02 Å². The number of hydrogen-bond acceptors (Lipinski definition) is 3. The summed E-state index contributed by atoms with van der Waals surface area (Å²) in [6, 6.07) is 12.6. The van der Waals surface area contributed by atoms with Gasteiger partial charge in [-0.25, -0.2) is 0 Å². The number of rotatable bonds is 4. The fourth-order valence-electron chi connectivity index (χ4n) is 2.91. The van der Waals surface area contributed by atoms with Gasteiger partial charge in [-0.1, -0.05) is 17.7 Å². The number of benzene rings is 2. The van der Waals surface area contributed by atoms with E-state index in [1.807, 2.05) is 25.1 Å². The van der Waals surface area contributed by atoms with Gasteiger partial charge in [0.15, 0.2) is 0 Å². The summed E-state index contributed by atoms with van der Waals surface area (Å²) >= 11 is 5.94. The van der Waals surface area contributed by atoms with Crippen molar-refractivity contribution in [1.29, 1.82) is 0 Å². The van der Waals surface area contributed by atoms with Gasteiger partial charge < -0.3 is 15.0 Å². The minimum atomic E-state index is -0.395. The summed E-state index contributed by atoms with van der Waals surface area (Å²) in [6.45, 7) is 2.23. The fourth-order valence-corrected chi connectivity index (χ4v) is 3.14. The summed E-state index contributed by atoms with van der Waals surface area (Å²) in [5.41, 5.74) is 2.33. The summed E-state index contributed by atoms with van der Waals surface area (Å²) in [5, 5.41) is 3.51. The second-order valence-corrected chi connectivity index (χ2v) is 6.49. The van der Waals surface area contributed by atoms with Crippen LogP contribution < -0.4 is 15.0 Å². The first-order valence-electron chi connectivity index (χ1n) is 7.99. The highest BCUT2D eigenvalue weighted by Gasteiger charge is 2.35. The summed E-state index contributed by atoms with van der Waals surface area (Å²) in [5.74, 6) is 0.0502. The summed E-state index contributed by atoms with van der Waals surface area (Å²) in [4.78, 5) is 26.5. The van der Waals surface area contributed by atoms with Crippen molar-refractivity contribution < 1.29 is 14.3 Å². The van der Waals surface area contributed by atoms with Crippen molar-refractivity contribution in [3.8, 4) is 5.75 Å². The average molecular weight is 359 g/mol. The molecule has 130 valence electrons. The molecule has 0 spiro atoms. The maximum absolute atomic E-state index is 12.5. The quantitative estimate of drug-likeness (QED) is 0.907. The molecule has 1 saturated heterocycles. The molecule has 0 aliphatic carbocycles. The molecule has 0 radical (unpaired) electrons. The third kappa shape index (κ3) is 3.77. The molecular formula is C19H19ClN2O3. The number of amides is 2. The Labute approximate surface area is 151 Å². The molecule has 1 fully saturated rings. The van der Waals surface area contributed by atoms with Crippen molar-refractivity contribution >= 4 is 34.8 Å². The molecule has 2 aromatic carbocycles. The lowest BCUT2D eigenvalue weighted by Crippen LogP contribution is -2.28. The van der Waals surface area contributed by atoms with Crippen LogP contribution in [-0.4, -0.2) is 25.5 Å². The second-order valence-electron chi connectivity index (χ2n) is 6.06. The number of methoxy groups -OCH3 is 1. The number of carbonyl (C=O) groups excluding carboxylic acids is 2. The number of nitrogens with one attached hydrogen (secondary N) is 1. The highest BCUT2D eigenvalue weighted by molar-refractivity contribution is 6.30. The van der Waals surface area contributed by atoms with Gasteiger partial charge in [0.1, 0.15) is 5.75 Å². The molecule has 2 aromatic rings. The zero-order valence-corrected chi connectivity index (χ0v) is 14.8. The van der Waals surface area contributed by atoms with Crippen LogP contribution in [0.5, 0.6) is 5.75 Å². The minimum Gasteiger partial charge on any atom is -0.497 e. The predicted molar refractivity (Wildman–Crippen MR) is 98.3 cm³/mol. The number of hydrogen-bond donors (Lipinski definition) is 1. The second kappa shape index (κ2) is 7.15. The van der Waals surface area contributed by atoms with E-state index < -0.39 is 5.92 Å². The number of nitrogens with zero attached hydrogens (tertiary/aromatic N) is 1. The van der Waals surface area contributed by atoms with Gasteiger partial charge >= 0.3 is 0 Å². The number of halogens is 1. The van der Waals surface area contributed by atoms with Gasteiger partial charge in [0.25, 0.3) is 0 Å². The predicted octanol–water partition coefficient (Wildman–Crippen LogP) is 3.65. The van der Waals surface area contributed by atoms with Crippen LogP contribution in [0.3, 0.4) is 0 Å². The molecule has 1 aliphatic heterocycles. The molecule has 1 heterocycles. The average Bonchev–Trinajstić information content (AvgIpc) is 2.99. The number of ether oxygens (including phenoxy) is 1. The summed E-state index contributed by atoms with van der Waals surface area (Å²) in [7, 11) is 1.58. The van der Waals surface area contributed by atoms with E-state index in [4.69, 9.17) is 16.3 Å². The van der Waals surface area contributed by atoms with E-state index >= 15 is 0 Å². The first-order chi connectivity index (χ1) is 12.0. The maximum Gasteiger partial charge on any atom is 0.229 e. The largest absolute Gasteiger partial charge is 0.497 e. The van der Waals surface area contributed by atoms with Crippen LogP contribution in [0, 0.1) is 12.8 Å². The molecule has 5 nitrogen and oxygen atoms in total. The Hall–Kier alpha value is -2.53. The Kier molecular flexibility index (Phi) is 4.95. The Morgan fingerprint density at radius 1 is 1.28 bits per heavy atom.